The molecular formula is C14H15NO2S. The summed E-state index contributed by atoms with van der Waals surface area (Å²) in [4.78, 5) is 13.2. The minimum atomic E-state index is -0.116. The second-order valence-electron chi connectivity index (χ2n) is 4.00. The predicted molar refractivity (Wildman–Crippen MR) is 72.9 cm³/mol. The Morgan fingerprint density at radius 3 is 2.61 bits per heavy atom. The lowest BCUT2D eigenvalue weighted by Gasteiger charge is -2.15. The molecule has 0 saturated carbocycles. The van der Waals surface area contributed by atoms with Gasteiger partial charge in [-0.05, 0) is 42.1 Å². The number of phenolic OH excluding ortho intramolecular Hbond substituents is 1. The third-order valence-electron chi connectivity index (χ3n) is 2.73. The molecule has 0 aliphatic carbocycles. The van der Waals surface area contributed by atoms with Crippen molar-refractivity contribution in [3.63, 3.8) is 0 Å². The average Bonchev–Trinajstić information content (AvgIpc) is 2.90. The summed E-state index contributed by atoms with van der Waals surface area (Å²) in [6.07, 6.45) is 0.852. The molecule has 0 bridgehead atoms. The standard InChI is InChI=1S/C14H15NO2S/c1-2-12(13-4-3-9-18-13)15-14(17)10-5-7-11(16)8-6-10/h3-9,12,16H,2H2,1H3,(H,15,17). The van der Waals surface area contributed by atoms with E-state index in [1.165, 1.54) is 12.1 Å². The summed E-state index contributed by atoms with van der Waals surface area (Å²) >= 11 is 1.64. The lowest BCUT2D eigenvalue weighted by Crippen LogP contribution is -2.27. The molecule has 94 valence electrons. The van der Waals surface area contributed by atoms with Gasteiger partial charge in [-0.3, -0.25) is 4.79 Å². The summed E-state index contributed by atoms with van der Waals surface area (Å²) in [5.74, 6) is 0.0482. The summed E-state index contributed by atoms with van der Waals surface area (Å²) in [5, 5.41) is 14.2. The van der Waals surface area contributed by atoms with Gasteiger partial charge < -0.3 is 10.4 Å². The van der Waals surface area contributed by atoms with Crippen LogP contribution in [0.15, 0.2) is 41.8 Å². The van der Waals surface area contributed by atoms with E-state index >= 15 is 0 Å². The Kier molecular flexibility index (Phi) is 3.99. The molecule has 1 aromatic heterocycles. The highest BCUT2D eigenvalue weighted by Crippen LogP contribution is 2.22. The first-order valence-corrected chi connectivity index (χ1v) is 6.72. The lowest BCUT2D eigenvalue weighted by molar-refractivity contribution is 0.0936. The number of rotatable bonds is 4. The van der Waals surface area contributed by atoms with Gasteiger partial charge in [0.05, 0.1) is 6.04 Å². The Morgan fingerprint density at radius 2 is 2.06 bits per heavy atom. The van der Waals surface area contributed by atoms with Crippen LogP contribution in [0.5, 0.6) is 5.75 Å². The quantitative estimate of drug-likeness (QED) is 0.886. The number of nitrogens with one attached hydrogen (secondary N) is 1. The zero-order valence-corrected chi connectivity index (χ0v) is 10.9. The molecule has 0 saturated heterocycles. The lowest BCUT2D eigenvalue weighted by atomic mass is 10.1. The van der Waals surface area contributed by atoms with E-state index in [9.17, 15) is 9.90 Å². The van der Waals surface area contributed by atoms with E-state index in [1.54, 1.807) is 23.5 Å². The van der Waals surface area contributed by atoms with E-state index in [0.29, 0.717) is 5.56 Å². The number of hydrogen-bond acceptors (Lipinski definition) is 3. The highest BCUT2D eigenvalue weighted by molar-refractivity contribution is 7.10. The summed E-state index contributed by atoms with van der Waals surface area (Å²) < 4.78 is 0. The van der Waals surface area contributed by atoms with Crippen LogP contribution in [0.25, 0.3) is 0 Å². The number of aromatic hydroxyl groups is 1. The van der Waals surface area contributed by atoms with Crippen molar-refractivity contribution in [1.82, 2.24) is 5.32 Å². The number of benzene rings is 1. The van der Waals surface area contributed by atoms with Crippen LogP contribution in [0.1, 0.15) is 34.6 Å². The van der Waals surface area contributed by atoms with Gasteiger partial charge in [-0.2, -0.15) is 0 Å². The number of thiophene rings is 1. The van der Waals surface area contributed by atoms with Gasteiger partial charge in [-0.15, -0.1) is 11.3 Å². The highest BCUT2D eigenvalue weighted by Gasteiger charge is 2.14. The first kappa shape index (κ1) is 12.6. The van der Waals surface area contributed by atoms with Crippen LogP contribution < -0.4 is 5.32 Å². The molecule has 0 aliphatic rings. The van der Waals surface area contributed by atoms with Gasteiger partial charge in [0.1, 0.15) is 5.75 Å². The number of hydrogen-bond donors (Lipinski definition) is 2. The number of carbonyl (C=O) groups excluding carboxylic acids is 1. The molecule has 18 heavy (non-hydrogen) atoms. The van der Waals surface area contributed by atoms with Crippen molar-refractivity contribution < 1.29 is 9.90 Å². The van der Waals surface area contributed by atoms with E-state index < -0.39 is 0 Å². The molecule has 1 heterocycles. The summed E-state index contributed by atoms with van der Waals surface area (Å²) in [6, 6.07) is 10.3. The van der Waals surface area contributed by atoms with Crippen molar-refractivity contribution in [2.75, 3.05) is 0 Å². The molecule has 0 aliphatic heterocycles. The fourth-order valence-electron chi connectivity index (χ4n) is 1.72. The molecule has 3 nitrogen and oxygen atoms in total. The summed E-state index contributed by atoms with van der Waals surface area (Å²) in [6.45, 7) is 2.04. The zero-order valence-electron chi connectivity index (χ0n) is 10.1. The maximum atomic E-state index is 12.0. The monoisotopic (exact) mass is 261 g/mol. The molecular weight excluding hydrogens is 246 g/mol. The van der Waals surface area contributed by atoms with Crippen LogP contribution in [0, 0.1) is 0 Å². The number of amides is 1. The van der Waals surface area contributed by atoms with Gasteiger partial charge >= 0.3 is 0 Å². The topological polar surface area (TPSA) is 49.3 Å². The average molecular weight is 261 g/mol. The van der Waals surface area contributed by atoms with Gasteiger partial charge in [0.15, 0.2) is 0 Å². The van der Waals surface area contributed by atoms with E-state index in [-0.39, 0.29) is 17.7 Å². The van der Waals surface area contributed by atoms with Crippen molar-refractivity contribution in [1.29, 1.82) is 0 Å². The van der Waals surface area contributed by atoms with E-state index in [0.717, 1.165) is 11.3 Å². The first-order chi connectivity index (χ1) is 8.70. The molecule has 0 fully saturated rings. The molecule has 0 radical (unpaired) electrons. The van der Waals surface area contributed by atoms with Crippen molar-refractivity contribution in [2.45, 2.75) is 19.4 Å². The third-order valence-corrected chi connectivity index (χ3v) is 3.72. The molecule has 2 rings (SSSR count). The zero-order chi connectivity index (χ0) is 13.0. The second-order valence-corrected chi connectivity index (χ2v) is 4.98. The fraction of sp³-hybridized carbons (Fsp3) is 0.214. The van der Waals surface area contributed by atoms with E-state index in [1.807, 2.05) is 24.4 Å². The largest absolute Gasteiger partial charge is 0.508 e. The third kappa shape index (κ3) is 2.90. The van der Waals surface area contributed by atoms with Crippen molar-refractivity contribution >= 4 is 17.2 Å². The van der Waals surface area contributed by atoms with Crippen LogP contribution in [0.4, 0.5) is 0 Å². The molecule has 2 aromatic rings. The first-order valence-electron chi connectivity index (χ1n) is 5.84. The van der Waals surface area contributed by atoms with E-state index in [4.69, 9.17) is 0 Å². The molecule has 4 heteroatoms. The minimum absolute atomic E-state index is 0.0475. The predicted octanol–water partition coefficient (Wildman–Crippen LogP) is 3.33. The molecule has 1 atom stereocenters. The molecule has 2 N–H and O–H groups in total. The van der Waals surface area contributed by atoms with Gasteiger partial charge in [0.25, 0.3) is 5.91 Å². The molecule has 1 aromatic carbocycles. The smallest absolute Gasteiger partial charge is 0.251 e. The Labute approximate surface area is 110 Å². The van der Waals surface area contributed by atoms with Crippen LogP contribution in [-0.4, -0.2) is 11.0 Å². The summed E-state index contributed by atoms with van der Waals surface area (Å²) in [7, 11) is 0. The molecule has 1 amide bonds. The minimum Gasteiger partial charge on any atom is -0.508 e. The van der Waals surface area contributed by atoms with Crippen LogP contribution >= 0.6 is 11.3 Å². The van der Waals surface area contributed by atoms with E-state index in [2.05, 4.69) is 5.32 Å². The number of carbonyl (C=O) groups is 1. The Hall–Kier alpha value is -1.81. The Balaban J connectivity index is 2.08. The normalized spacial score (nSPS) is 12.1. The SMILES string of the molecule is CCC(NC(=O)c1ccc(O)cc1)c1cccs1. The van der Waals surface area contributed by atoms with Gasteiger partial charge in [-0.1, -0.05) is 13.0 Å². The Morgan fingerprint density at radius 1 is 1.33 bits per heavy atom. The van der Waals surface area contributed by atoms with Crippen LogP contribution in [0.3, 0.4) is 0 Å². The van der Waals surface area contributed by atoms with Crippen LogP contribution in [-0.2, 0) is 0 Å². The maximum absolute atomic E-state index is 12.0. The fourth-order valence-corrected chi connectivity index (χ4v) is 2.58. The second kappa shape index (κ2) is 5.69. The highest BCUT2D eigenvalue weighted by atomic mass is 32.1. The van der Waals surface area contributed by atoms with Crippen molar-refractivity contribution in [3.8, 4) is 5.75 Å². The van der Waals surface area contributed by atoms with Gasteiger partial charge in [0.2, 0.25) is 0 Å². The Bertz CT molecular complexity index is 505. The number of phenols is 1. The van der Waals surface area contributed by atoms with Gasteiger partial charge in [0, 0.05) is 10.4 Å². The molecule has 1 unspecified atom stereocenters. The van der Waals surface area contributed by atoms with Crippen molar-refractivity contribution in [2.24, 2.45) is 0 Å². The van der Waals surface area contributed by atoms with Crippen molar-refractivity contribution in [3.05, 3.63) is 52.2 Å². The summed E-state index contributed by atoms with van der Waals surface area (Å²) in [5.41, 5.74) is 0.558. The van der Waals surface area contributed by atoms with Gasteiger partial charge in [-0.25, -0.2) is 0 Å². The van der Waals surface area contributed by atoms with Crippen LogP contribution in [0.2, 0.25) is 0 Å². The maximum Gasteiger partial charge on any atom is 0.251 e. The molecule has 0 spiro atoms.